The van der Waals surface area contributed by atoms with E-state index in [0.717, 1.165) is 10.7 Å². The van der Waals surface area contributed by atoms with E-state index in [1.807, 2.05) is 0 Å². The van der Waals surface area contributed by atoms with Gasteiger partial charge in [-0.3, -0.25) is 10.1 Å². The largest absolute Gasteiger partial charge is 0.417 e. The van der Waals surface area contributed by atoms with Gasteiger partial charge in [-0.2, -0.15) is 22.5 Å². The van der Waals surface area contributed by atoms with Crippen LogP contribution in [-0.2, 0) is 12.7 Å². The van der Waals surface area contributed by atoms with Crippen molar-refractivity contribution < 1.29 is 18.1 Å². The summed E-state index contributed by atoms with van der Waals surface area (Å²) in [7, 11) is 0. The number of tetrazole rings is 1. The molecule has 2 aromatic carbocycles. The predicted molar refractivity (Wildman–Crippen MR) is 92.6 cm³/mol. The van der Waals surface area contributed by atoms with Crippen molar-refractivity contribution in [3.63, 3.8) is 0 Å². The Hall–Kier alpha value is -3.21. The fourth-order valence-electron chi connectivity index (χ4n) is 2.59. The third-order valence-electron chi connectivity index (χ3n) is 3.93. The maximum atomic E-state index is 13.0. The number of halogens is 4. The number of aromatic nitrogens is 4. The van der Waals surface area contributed by atoms with Crippen LogP contribution in [0.2, 0.25) is 5.02 Å². The second-order valence-electron chi connectivity index (χ2n) is 5.87. The molecule has 0 radical (unpaired) electrons. The molecule has 0 atom stereocenters. The highest BCUT2D eigenvalue weighted by Crippen LogP contribution is 2.35. The topological polar surface area (TPSA) is 95.8 Å². The number of alkyl halides is 3. The predicted octanol–water partition coefficient (Wildman–Crippen LogP) is 3.37. The Kier molecular flexibility index (Phi) is 4.94. The average molecular weight is 414 g/mol. The van der Waals surface area contributed by atoms with Gasteiger partial charge < -0.3 is 0 Å². The number of nitro groups is 1. The molecule has 28 heavy (non-hydrogen) atoms. The van der Waals surface area contributed by atoms with Gasteiger partial charge in [0, 0.05) is 11.6 Å². The Morgan fingerprint density at radius 1 is 1.18 bits per heavy atom. The minimum atomic E-state index is -4.69. The van der Waals surface area contributed by atoms with Crippen molar-refractivity contribution in [1.82, 2.24) is 19.8 Å². The van der Waals surface area contributed by atoms with Crippen LogP contribution < -0.4 is 5.69 Å². The zero-order chi connectivity index (χ0) is 20.6. The van der Waals surface area contributed by atoms with E-state index < -0.39 is 27.4 Å². The molecule has 0 N–H and O–H groups in total. The van der Waals surface area contributed by atoms with Gasteiger partial charge in [0.2, 0.25) is 0 Å². The molecule has 0 aliphatic carbocycles. The molecule has 0 saturated heterocycles. The second-order valence-corrected chi connectivity index (χ2v) is 6.28. The van der Waals surface area contributed by atoms with E-state index in [2.05, 4.69) is 10.4 Å². The van der Waals surface area contributed by atoms with Gasteiger partial charge in [-0.15, -0.1) is 0 Å². The number of aryl methyl sites for hydroxylation is 1. The molecule has 0 bridgehead atoms. The smallest absolute Gasteiger partial charge is 0.258 e. The summed E-state index contributed by atoms with van der Waals surface area (Å²) >= 11 is 5.57. The number of rotatable bonds is 4. The van der Waals surface area contributed by atoms with Gasteiger partial charge in [0.1, 0.15) is 0 Å². The molecular formula is C16H11ClF3N5O3. The lowest BCUT2D eigenvalue weighted by atomic mass is 10.1. The SMILES string of the molecule is Cc1cc(Cn2nnn(-c3ccc(Cl)c(C(F)(F)F)c3)c2=O)ccc1[N+](=O)[O-]. The van der Waals surface area contributed by atoms with Gasteiger partial charge in [-0.1, -0.05) is 17.7 Å². The van der Waals surface area contributed by atoms with Crippen molar-refractivity contribution in [2.75, 3.05) is 0 Å². The maximum Gasteiger partial charge on any atom is 0.417 e. The van der Waals surface area contributed by atoms with Crippen LogP contribution in [0.4, 0.5) is 18.9 Å². The van der Waals surface area contributed by atoms with Crippen molar-refractivity contribution >= 4 is 17.3 Å². The molecule has 0 aliphatic rings. The molecule has 0 unspecified atom stereocenters. The van der Waals surface area contributed by atoms with E-state index in [0.29, 0.717) is 21.9 Å². The molecule has 12 heteroatoms. The molecular weight excluding hydrogens is 403 g/mol. The summed E-state index contributed by atoms with van der Waals surface area (Å²) in [5.41, 5.74) is -1.14. The van der Waals surface area contributed by atoms with E-state index in [9.17, 15) is 28.1 Å². The lowest BCUT2D eigenvalue weighted by Crippen LogP contribution is -2.25. The Balaban J connectivity index is 1.94. The summed E-state index contributed by atoms with van der Waals surface area (Å²) in [5, 5.41) is 17.6. The maximum absolute atomic E-state index is 13.0. The fourth-order valence-corrected chi connectivity index (χ4v) is 2.82. The summed E-state index contributed by atoms with van der Waals surface area (Å²) in [6.45, 7) is 1.49. The molecule has 0 amide bonds. The first-order valence-electron chi connectivity index (χ1n) is 7.72. The number of nitrogens with zero attached hydrogens (tertiary/aromatic N) is 5. The summed E-state index contributed by atoms with van der Waals surface area (Å²) in [5.74, 6) is 0. The summed E-state index contributed by atoms with van der Waals surface area (Å²) < 4.78 is 40.7. The minimum Gasteiger partial charge on any atom is -0.258 e. The number of hydrogen-bond acceptors (Lipinski definition) is 5. The molecule has 3 rings (SSSR count). The van der Waals surface area contributed by atoms with Gasteiger partial charge in [0.25, 0.3) is 5.69 Å². The van der Waals surface area contributed by atoms with E-state index in [-0.39, 0.29) is 17.9 Å². The van der Waals surface area contributed by atoms with Crippen LogP contribution in [0.25, 0.3) is 5.69 Å². The van der Waals surface area contributed by atoms with Gasteiger partial charge in [-0.25, -0.2) is 4.79 Å². The van der Waals surface area contributed by atoms with E-state index in [4.69, 9.17) is 11.6 Å². The zero-order valence-corrected chi connectivity index (χ0v) is 14.9. The third-order valence-corrected chi connectivity index (χ3v) is 4.26. The average Bonchev–Trinajstić information content (AvgIpc) is 2.95. The Morgan fingerprint density at radius 2 is 1.89 bits per heavy atom. The van der Waals surface area contributed by atoms with Gasteiger partial charge in [-0.05, 0) is 47.2 Å². The van der Waals surface area contributed by atoms with Crippen LogP contribution in [-0.4, -0.2) is 24.7 Å². The third kappa shape index (κ3) is 3.74. The molecule has 1 heterocycles. The van der Waals surface area contributed by atoms with Crippen LogP contribution in [0.15, 0.2) is 41.2 Å². The zero-order valence-electron chi connectivity index (χ0n) is 14.1. The quantitative estimate of drug-likeness (QED) is 0.482. The Bertz CT molecular complexity index is 1120. The fraction of sp³-hybridized carbons (Fsp3) is 0.188. The molecule has 0 aliphatic heterocycles. The number of hydrogen-bond donors (Lipinski definition) is 0. The highest BCUT2D eigenvalue weighted by molar-refractivity contribution is 6.31. The van der Waals surface area contributed by atoms with Crippen molar-refractivity contribution in [3.05, 3.63) is 78.7 Å². The molecule has 0 spiro atoms. The van der Waals surface area contributed by atoms with Crippen LogP contribution in [0.1, 0.15) is 16.7 Å². The number of benzene rings is 2. The van der Waals surface area contributed by atoms with Crippen LogP contribution in [0.5, 0.6) is 0 Å². The van der Waals surface area contributed by atoms with Crippen molar-refractivity contribution in [1.29, 1.82) is 0 Å². The van der Waals surface area contributed by atoms with Crippen molar-refractivity contribution in [2.24, 2.45) is 0 Å². The van der Waals surface area contributed by atoms with Gasteiger partial charge in [0.05, 0.1) is 27.7 Å². The lowest BCUT2D eigenvalue weighted by molar-refractivity contribution is -0.385. The lowest BCUT2D eigenvalue weighted by Gasteiger charge is -2.10. The molecule has 0 saturated carbocycles. The van der Waals surface area contributed by atoms with Crippen LogP contribution in [0.3, 0.4) is 0 Å². The first-order chi connectivity index (χ1) is 13.1. The standard InChI is InChI=1S/C16H11ClF3N5O3/c1-9-6-10(2-5-14(9)25(27)28)8-23-15(26)24(22-21-23)11-3-4-13(17)12(7-11)16(18,19)20/h2-7H,8H2,1H3. The highest BCUT2D eigenvalue weighted by atomic mass is 35.5. The first-order valence-corrected chi connectivity index (χ1v) is 8.09. The summed E-state index contributed by atoms with van der Waals surface area (Å²) in [6, 6.07) is 7.22. The molecule has 8 nitrogen and oxygen atoms in total. The second kappa shape index (κ2) is 7.08. The van der Waals surface area contributed by atoms with E-state index in [1.54, 1.807) is 6.92 Å². The monoisotopic (exact) mass is 413 g/mol. The minimum absolute atomic E-state index is 0.0581. The number of nitro benzene ring substituents is 1. The normalized spacial score (nSPS) is 11.6. The van der Waals surface area contributed by atoms with Crippen molar-refractivity contribution in [2.45, 2.75) is 19.6 Å². The Labute approximate surface area is 159 Å². The van der Waals surface area contributed by atoms with Crippen LogP contribution >= 0.6 is 11.6 Å². The van der Waals surface area contributed by atoms with Crippen LogP contribution in [0, 0.1) is 17.0 Å². The summed E-state index contributed by atoms with van der Waals surface area (Å²) in [6.07, 6.45) is -4.69. The summed E-state index contributed by atoms with van der Waals surface area (Å²) in [4.78, 5) is 22.8. The van der Waals surface area contributed by atoms with Crippen molar-refractivity contribution in [3.8, 4) is 5.69 Å². The molecule has 3 aromatic rings. The molecule has 1 aromatic heterocycles. The van der Waals surface area contributed by atoms with E-state index >= 15 is 0 Å². The Morgan fingerprint density at radius 3 is 2.50 bits per heavy atom. The highest BCUT2D eigenvalue weighted by Gasteiger charge is 2.33. The first kappa shape index (κ1) is 19.5. The van der Waals surface area contributed by atoms with E-state index in [1.165, 1.54) is 24.3 Å². The van der Waals surface area contributed by atoms with Gasteiger partial charge >= 0.3 is 11.9 Å². The molecule has 146 valence electrons. The molecule has 0 fully saturated rings. The van der Waals surface area contributed by atoms with Gasteiger partial charge in [0.15, 0.2) is 0 Å².